The van der Waals surface area contributed by atoms with Crippen molar-refractivity contribution in [2.45, 2.75) is 52.2 Å². The molecule has 2 amide bonds. The number of likely N-dealkylation sites (tertiary alicyclic amines) is 1. The molecule has 1 N–H and O–H groups in total. The normalized spacial score (nSPS) is 16.5. The van der Waals surface area contributed by atoms with Gasteiger partial charge < -0.3 is 19.4 Å². The van der Waals surface area contributed by atoms with Crippen LogP contribution in [-0.2, 0) is 0 Å². The molecule has 1 aromatic rings. The van der Waals surface area contributed by atoms with E-state index in [0.717, 1.165) is 12.8 Å². The van der Waals surface area contributed by atoms with Gasteiger partial charge in [0.05, 0.1) is 6.07 Å². The van der Waals surface area contributed by atoms with Crippen LogP contribution in [-0.4, -0.2) is 35.7 Å². The second-order valence-corrected chi connectivity index (χ2v) is 6.71. The first-order chi connectivity index (χ1) is 10.2. The van der Waals surface area contributed by atoms with E-state index in [-0.39, 0.29) is 17.7 Å². The van der Waals surface area contributed by atoms with Gasteiger partial charge in [-0.2, -0.15) is 0 Å². The van der Waals surface area contributed by atoms with Gasteiger partial charge in [-0.15, -0.1) is 0 Å². The van der Waals surface area contributed by atoms with Crippen molar-refractivity contribution in [2.75, 3.05) is 13.1 Å². The lowest BCUT2D eigenvalue weighted by atomic mass is 10.1. The molecule has 22 heavy (non-hydrogen) atoms. The molecule has 6 heteroatoms. The third kappa shape index (κ3) is 4.79. The standard InChI is InChI=1S/C16H24N2O4/c1-11-9-13(10-14(19)21-11)22-12-5-7-18(8-6-12)15(20)17-16(2,3)4/h9-10,12H,5-8H2,1-4H3,(H,17,20). The molecule has 6 nitrogen and oxygen atoms in total. The first-order valence-corrected chi connectivity index (χ1v) is 7.58. The van der Waals surface area contributed by atoms with Crippen molar-refractivity contribution in [3.63, 3.8) is 0 Å². The molecule has 0 bridgehead atoms. The summed E-state index contributed by atoms with van der Waals surface area (Å²) in [5, 5.41) is 2.96. The van der Waals surface area contributed by atoms with Gasteiger partial charge >= 0.3 is 11.7 Å². The fraction of sp³-hybridized carbons (Fsp3) is 0.625. The van der Waals surface area contributed by atoms with Crippen LogP contribution in [0.4, 0.5) is 4.79 Å². The molecule has 1 aliphatic heterocycles. The number of nitrogens with zero attached hydrogens (tertiary/aromatic N) is 1. The Morgan fingerprint density at radius 2 is 1.95 bits per heavy atom. The van der Waals surface area contributed by atoms with Gasteiger partial charge in [-0.05, 0) is 27.7 Å². The molecule has 122 valence electrons. The summed E-state index contributed by atoms with van der Waals surface area (Å²) in [6.07, 6.45) is 1.51. The van der Waals surface area contributed by atoms with Crippen molar-refractivity contribution < 1.29 is 13.9 Å². The number of urea groups is 1. The minimum Gasteiger partial charge on any atom is -0.490 e. The van der Waals surface area contributed by atoms with Crippen molar-refractivity contribution in [2.24, 2.45) is 0 Å². The van der Waals surface area contributed by atoms with Gasteiger partial charge in [0, 0.05) is 37.5 Å². The van der Waals surface area contributed by atoms with E-state index in [2.05, 4.69) is 5.32 Å². The Labute approximate surface area is 130 Å². The van der Waals surface area contributed by atoms with Crippen molar-refractivity contribution >= 4 is 6.03 Å². The number of aryl methyl sites for hydroxylation is 1. The molecule has 2 rings (SSSR count). The summed E-state index contributed by atoms with van der Waals surface area (Å²) in [5.41, 5.74) is -0.642. The van der Waals surface area contributed by atoms with Gasteiger partial charge in [-0.25, -0.2) is 9.59 Å². The Bertz CT molecular complexity index is 581. The number of nitrogens with one attached hydrogen (secondary N) is 1. The lowest BCUT2D eigenvalue weighted by Gasteiger charge is -2.34. The fourth-order valence-electron chi connectivity index (χ4n) is 2.41. The van der Waals surface area contributed by atoms with Crippen LogP contribution in [0.3, 0.4) is 0 Å². The quantitative estimate of drug-likeness (QED) is 0.910. The van der Waals surface area contributed by atoms with Gasteiger partial charge in [0.2, 0.25) is 0 Å². The molecular formula is C16H24N2O4. The Kier molecular flexibility index (Phi) is 4.78. The highest BCUT2D eigenvalue weighted by atomic mass is 16.5. The maximum atomic E-state index is 12.1. The summed E-state index contributed by atoms with van der Waals surface area (Å²) in [5.74, 6) is 1.07. The van der Waals surface area contributed by atoms with Crippen LogP contribution in [0.25, 0.3) is 0 Å². The van der Waals surface area contributed by atoms with Crippen LogP contribution in [0.15, 0.2) is 21.3 Å². The molecular weight excluding hydrogens is 284 g/mol. The van der Waals surface area contributed by atoms with Gasteiger partial charge in [0.25, 0.3) is 0 Å². The summed E-state index contributed by atoms with van der Waals surface area (Å²) in [6.45, 7) is 8.89. The molecule has 1 aromatic heterocycles. The second-order valence-electron chi connectivity index (χ2n) is 6.71. The predicted molar refractivity (Wildman–Crippen MR) is 83.2 cm³/mol. The first-order valence-electron chi connectivity index (χ1n) is 7.58. The Balaban J connectivity index is 1.87. The Morgan fingerprint density at radius 3 is 2.50 bits per heavy atom. The van der Waals surface area contributed by atoms with E-state index in [4.69, 9.17) is 9.15 Å². The summed E-state index contributed by atoms with van der Waals surface area (Å²) in [7, 11) is 0. The van der Waals surface area contributed by atoms with Crippen LogP contribution >= 0.6 is 0 Å². The molecule has 0 atom stereocenters. The van der Waals surface area contributed by atoms with Crippen LogP contribution in [0.2, 0.25) is 0 Å². The molecule has 0 aliphatic carbocycles. The largest absolute Gasteiger partial charge is 0.490 e. The van der Waals surface area contributed by atoms with E-state index in [1.807, 2.05) is 20.8 Å². The van der Waals surface area contributed by atoms with E-state index in [1.165, 1.54) is 6.07 Å². The van der Waals surface area contributed by atoms with Gasteiger partial charge in [-0.3, -0.25) is 0 Å². The van der Waals surface area contributed by atoms with Crippen LogP contribution in [0.1, 0.15) is 39.4 Å². The first kappa shape index (κ1) is 16.4. The average molecular weight is 308 g/mol. The maximum Gasteiger partial charge on any atom is 0.339 e. The molecule has 0 radical (unpaired) electrons. The molecule has 0 unspecified atom stereocenters. The Hall–Kier alpha value is -1.98. The monoisotopic (exact) mass is 308 g/mol. The van der Waals surface area contributed by atoms with E-state index < -0.39 is 5.63 Å². The maximum absolute atomic E-state index is 12.1. The zero-order chi connectivity index (χ0) is 16.3. The summed E-state index contributed by atoms with van der Waals surface area (Å²) < 4.78 is 10.7. The number of ether oxygens (including phenoxy) is 1. The SMILES string of the molecule is Cc1cc(OC2CCN(C(=O)NC(C)(C)C)CC2)cc(=O)o1. The molecule has 2 heterocycles. The van der Waals surface area contributed by atoms with Crippen molar-refractivity contribution in [3.8, 4) is 5.75 Å². The smallest absolute Gasteiger partial charge is 0.339 e. The molecule has 1 saturated heterocycles. The van der Waals surface area contributed by atoms with Gasteiger partial charge in [0.1, 0.15) is 17.6 Å². The number of hydrogen-bond donors (Lipinski definition) is 1. The summed E-state index contributed by atoms with van der Waals surface area (Å²) >= 11 is 0. The van der Waals surface area contributed by atoms with Crippen LogP contribution < -0.4 is 15.7 Å². The highest BCUT2D eigenvalue weighted by molar-refractivity contribution is 5.75. The highest BCUT2D eigenvalue weighted by Gasteiger charge is 2.26. The topological polar surface area (TPSA) is 71.8 Å². The number of piperidine rings is 1. The lowest BCUT2D eigenvalue weighted by Crippen LogP contribution is -2.51. The summed E-state index contributed by atoms with van der Waals surface area (Å²) in [4.78, 5) is 25.2. The van der Waals surface area contributed by atoms with E-state index in [1.54, 1.807) is 17.9 Å². The number of hydrogen-bond acceptors (Lipinski definition) is 4. The van der Waals surface area contributed by atoms with E-state index in [0.29, 0.717) is 24.6 Å². The molecule has 0 spiro atoms. The van der Waals surface area contributed by atoms with Gasteiger partial charge in [-0.1, -0.05) is 0 Å². The highest BCUT2D eigenvalue weighted by Crippen LogP contribution is 2.19. The number of carbonyl (C=O) groups excluding carboxylic acids is 1. The van der Waals surface area contributed by atoms with Crippen molar-refractivity contribution in [3.05, 3.63) is 28.3 Å². The molecule has 1 fully saturated rings. The predicted octanol–water partition coefficient (Wildman–Crippen LogP) is 2.30. The average Bonchev–Trinajstić information content (AvgIpc) is 2.36. The molecule has 0 aromatic carbocycles. The second kappa shape index (κ2) is 6.42. The van der Waals surface area contributed by atoms with Crippen molar-refractivity contribution in [1.82, 2.24) is 10.2 Å². The fourth-order valence-corrected chi connectivity index (χ4v) is 2.41. The zero-order valence-electron chi connectivity index (χ0n) is 13.6. The van der Waals surface area contributed by atoms with E-state index >= 15 is 0 Å². The van der Waals surface area contributed by atoms with E-state index in [9.17, 15) is 9.59 Å². The summed E-state index contributed by atoms with van der Waals surface area (Å²) in [6, 6.07) is 3.02. The lowest BCUT2D eigenvalue weighted by molar-refractivity contribution is 0.108. The molecule has 1 aliphatic rings. The minimum atomic E-state index is -0.406. The van der Waals surface area contributed by atoms with Crippen LogP contribution in [0, 0.1) is 6.92 Å². The number of rotatable bonds is 2. The van der Waals surface area contributed by atoms with Crippen LogP contribution in [0.5, 0.6) is 5.75 Å². The van der Waals surface area contributed by atoms with Gasteiger partial charge in [0.15, 0.2) is 0 Å². The third-order valence-electron chi connectivity index (χ3n) is 3.38. The number of amides is 2. The minimum absolute atomic E-state index is 0.0138. The Morgan fingerprint density at radius 1 is 1.32 bits per heavy atom. The van der Waals surface area contributed by atoms with Crippen molar-refractivity contribution in [1.29, 1.82) is 0 Å². The zero-order valence-corrected chi connectivity index (χ0v) is 13.6. The number of carbonyl (C=O) groups is 1. The molecule has 0 saturated carbocycles. The third-order valence-corrected chi connectivity index (χ3v) is 3.38.